The van der Waals surface area contributed by atoms with Crippen molar-refractivity contribution in [1.29, 1.82) is 0 Å². The Morgan fingerprint density at radius 3 is 2.94 bits per heavy atom. The molecule has 5 nitrogen and oxygen atoms in total. The van der Waals surface area contributed by atoms with E-state index in [9.17, 15) is 9.18 Å². The van der Waals surface area contributed by atoms with E-state index < -0.39 is 5.95 Å². The molecule has 0 saturated carbocycles. The van der Waals surface area contributed by atoms with Crippen molar-refractivity contribution < 1.29 is 13.9 Å². The number of nitrogens with zero attached hydrogens (tertiary/aromatic N) is 2. The molecule has 18 heavy (non-hydrogen) atoms. The monoisotopic (exact) mass is 255 g/mol. The number of likely N-dealkylation sites (N-methyl/N-ethyl adjacent to an activating group) is 1. The molecule has 0 radical (unpaired) electrons. The van der Waals surface area contributed by atoms with Crippen LogP contribution >= 0.6 is 0 Å². The van der Waals surface area contributed by atoms with E-state index in [0.29, 0.717) is 19.8 Å². The van der Waals surface area contributed by atoms with Gasteiger partial charge in [0.15, 0.2) is 0 Å². The third-order valence-electron chi connectivity index (χ3n) is 2.20. The van der Waals surface area contributed by atoms with E-state index in [1.54, 1.807) is 0 Å². The molecule has 1 aromatic heterocycles. The minimum Gasteiger partial charge on any atom is -0.378 e. The Labute approximate surface area is 106 Å². The summed E-state index contributed by atoms with van der Waals surface area (Å²) >= 11 is 0. The highest BCUT2D eigenvalue weighted by molar-refractivity contribution is 5.93. The van der Waals surface area contributed by atoms with Crippen molar-refractivity contribution in [3.63, 3.8) is 0 Å². The topological polar surface area (TPSA) is 54.5 Å². The Bertz CT molecular complexity index is 385. The molecular formula is C12H18FN3O2. The third kappa shape index (κ3) is 5.70. The van der Waals surface area contributed by atoms with Crippen LogP contribution < -0.4 is 5.32 Å². The molecule has 0 aliphatic carbocycles. The van der Waals surface area contributed by atoms with Crippen molar-refractivity contribution in [2.75, 3.05) is 40.4 Å². The van der Waals surface area contributed by atoms with E-state index in [4.69, 9.17) is 4.74 Å². The predicted molar refractivity (Wildman–Crippen MR) is 65.9 cm³/mol. The lowest BCUT2D eigenvalue weighted by atomic mass is 10.2. The van der Waals surface area contributed by atoms with Gasteiger partial charge in [-0.05, 0) is 20.2 Å². The fourth-order valence-corrected chi connectivity index (χ4v) is 1.23. The number of ether oxygens (including phenoxy) is 1. The van der Waals surface area contributed by atoms with Crippen LogP contribution in [0.25, 0.3) is 0 Å². The smallest absolute Gasteiger partial charge is 0.251 e. The second-order valence-corrected chi connectivity index (χ2v) is 4.04. The quantitative estimate of drug-likeness (QED) is 0.570. The first-order valence-corrected chi connectivity index (χ1v) is 5.72. The van der Waals surface area contributed by atoms with Crippen LogP contribution in [0.4, 0.5) is 4.39 Å². The second kappa shape index (κ2) is 7.73. The maximum Gasteiger partial charge on any atom is 0.251 e. The van der Waals surface area contributed by atoms with Crippen molar-refractivity contribution >= 4 is 5.91 Å². The standard InChI is InChI=1S/C12H18FN3O2/c1-16(2)6-8-18-7-5-15-12(17)10-3-4-14-11(13)9-10/h3-4,9H,5-8H2,1-2H3,(H,15,17). The molecule has 1 rings (SSSR count). The molecule has 0 saturated heterocycles. The first-order chi connectivity index (χ1) is 8.59. The number of nitrogens with one attached hydrogen (secondary N) is 1. The van der Waals surface area contributed by atoms with Crippen molar-refractivity contribution in [3.8, 4) is 0 Å². The zero-order valence-electron chi connectivity index (χ0n) is 10.6. The van der Waals surface area contributed by atoms with Crippen LogP contribution in [0, 0.1) is 5.95 Å². The van der Waals surface area contributed by atoms with Gasteiger partial charge < -0.3 is 15.0 Å². The van der Waals surface area contributed by atoms with Crippen LogP contribution in [-0.4, -0.2) is 56.2 Å². The van der Waals surface area contributed by atoms with E-state index in [0.717, 1.165) is 12.6 Å². The van der Waals surface area contributed by atoms with Gasteiger partial charge in [0.2, 0.25) is 5.95 Å². The molecule has 0 aliphatic heterocycles. The van der Waals surface area contributed by atoms with Gasteiger partial charge in [-0.1, -0.05) is 0 Å². The zero-order valence-corrected chi connectivity index (χ0v) is 10.6. The van der Waals surface area contributed by atoms with Gasteiger partial charge in [-0.25, -0.2) is 4.98 Å². The molecule has 0 unspecified atom stereocenters. The lowest BCUT2D eigenvalue weighted by Crippen LogP contribution is -2.28. The van der Waals surface area contributed by atoms with Crippen LogP contribution in [0.3, 0.4) is 0 Å². The predicted octanol–water partition coefficient (Wildman–Crippen LogP) is 0.529. The number of hydrogen-bond acceptors (Lipinski definition) is 4. The fourth-order valence-electron chi connectivity index (χ4n) is 1.23. The Kier molecular flexibility index (Phi) is 6.24. The van der Waals surface area contributed by atoms with Crippen LogP contribution in [0.15, 0.2) is 18.3 Å². The molecule has 0 aliphatic rings. The van der Waals surface area contributed by atoms with Crippen molar-refractivity contribution in [3.05, 3.63) is 29.8 Å². The zero-order chi connectivity index (χ0) is 13.4. The summed E-state index contributed by atoms with van der Waals surface area (Å²) in [4.78, 5) is 17.0. The number of halogens is 1. The van der Waals surface area contributed by atoms with Crippen LogP contribution in [0.5, 0.6) is 0 Å². The summed E-state index contributed by atoms with van der Waals surface area (Å²) in [6.45, 7) is 2.29. The minimum atomic E-state index is -0.662. The van der Waals surface area contributed by atoms with Gasteiger partial charge in [0, 0.05) is 30.9 Å². The average molecular weight is 255 g/mol. The Morgan fingerprint density at radius 2 is 2.28 bits per heavy atom. The van der Waals surface area contributed by atoms with Gasteiger partial charge in [0.05, 0.1) is 13.2 Å². The summed E-state index contributed by atoms with van der Waals surface area (Å²) in [5.41, 5.74) is 0.260. The van der Waals surface area contributed by atoms with Crippen molar-refractivity contribution in [2.45, 2.75) is 0 Å². The van der Waals surface area contributed by atoms with E-state index in [-0.39, 0.29) is 11.5 Å². The largest absolute Gasteiger partial charge is 0.378 e. The molecule has 0 atom stereocenters. The van der Waals surface area contributed by atoms with Crippen LogP contribution in [0.1, 0.15) is 10.4 Å². The Hall–Kier alpha value is -1.53. The van der Waals surface area contributed by atoms with Gasteiger partial charge in [0.1, 0.15) is 0 Å². The summed E-state index contributed by atoms with van der Waals surface area (Å²) in [6.07, 6.45) is 1.26. The van der Waals surface area contributed by atoms with Crippen molar-refractivity contribution in [2.24, 2.45) is 0 Å². The highest BCUT2D eigenvalue weighted by Gasteiger charge is 2.05. The molecule has 0 aromatic carbocycles. The number of carbonyl (C=O) groups is 1. The maximum atomic E-state index is 12.8. The fraction of sp³-hybridized carbons (Fsp3) is 0.500. The molecule has 1 N–H and O–H groups in total. The lowest BCUT2D eigenvalue weighted by molar-refractivity contribution is 0.0899. The minimum absolute atomic E-state index is 0.260. The molecule has 6 heteroatoms. The molecule has 1 heterocycles. The SMILES string of the molecule is CN(C)CCOCCNC(=O)c1ccnc(F)c1. The number of pyridine rings is 1. The summed E-state index contributed by atoms with van der Waals surface area (Å²) in [6, 6.07) is 2.56. The van der Waals surface area contributed by atoms with E-state index in [2.05, 4.69) is 10.3 Å². The Balaban J connectivity index is 2.18. The van der Waals surface area contributed by atoms with Gasteiger partial charge in [0.25, 0.3) is 5.91 Å². The molecule has 1 aromatic rings. The number of aromatic nitrogens is 1. The van der Waals surface area contributed by atoms with Gasteiger partial charge in [-0.2, -0.15) is 4.39 Å². The van der Waals surface area contributed by atoms with Gasteiger partial charge in [-0.15, -0.1) is 0 Å². The first-order valence-electron chi connectivity index (χ1n) is 5.72. The van der Waals surface area contributed by atoms with E-state index >= 15 is 0 Å². The summed E-state index contributed by atoms with van der Waals surface area (Å²) in [5.74, 6) is -0.989. The second-order valence-electron chi connectivity index (χ2n) is 4.04. The molecule has 0 bridgehead atoms. The lowest BCUT2D eigenvalue weighted by Gasteiger charge is -2.10. The summed E-state index contributed by atoms with van der Waals surface area (Å²) in [7, 11) is 3.92. The van der Waals surface area contributed by atoms with Crippen LogP contribution in [0.2, 0.25) is 0 Å². The average Bonchev–Trinajstić information content (AvgIpc) is 2.33. The molecule has 100 valence electrons. The maximum absolute atomic E-state index is 12.8. The number of hydrogen-bond donors (Lipinski definition) is 1. The van der Waals surface area contributed by atoms with Crippen molar-refractivity contribution in [1.82, 2.24) is 15.2 Å². The van der Waals surface area contributed by atoms with E-state index in [1.165, 1.54) is 12.3 Å². The summed E-state index contributed by atoms with van der Waals surface area (Å²) < 4.78 is 18.1. The van der Waals surface area contributed by atoms with Crippen LogP contribution in [-0.2, 0) is 4.74 Å². The molecular weight excluding hydrogens is 237 g/mol. The number of carbonyl (C=O) groups excluding carboxylic acids is 1. The number of rotatable bonds is 7. The van der Waals surface area contributed by atoms with Gasteiger partial charge >= 0.3 is 0 Å². The highest BCUT2D eigenvalue weighted by Crippen LogP contribution is 1.99. The molecule has 0 fully saturated rings. The first kappa shape index (κ1) is 14.5. The molecule has 0 spiro atoms. The van der Waals surface area contributed by atoms with E-state index in [1.807, 2.05) is 19.0 Å². The Morgan fingerprint density at radius 1 is 1.50 bits per heavy atom. The summed E-state index contributed by atoms with van der Waals surface area (Å²) in [5, 5.41) is 2.64. The van der Waals surface area contributed by atoms with Gasteiger partial charge in [-0.3, -0.25) is 4.79 Å². The number of amides is 1. The third-order valence-corrected chi connectivity index (χ3v) is 2.20. The normalized spacial score (nSPS) is 10.7. The highest BCUT2D eigenvalue weighted by atomic mass is 19.1. The molecule has 1 amide bonds.